The lowest BCUT2D eigenvalue weighted by Gasteiger charge is -2.31. The average Bonchev–Trinajstić information content (AvgIpc) is 3.49. The summed E-state index contributed by atoms with van der Waals surface area (Å²) in [6, 6.07) is 10.8. The fourth-order valence-corrected chi connectivity index (χ4v) is 4.64. The quantitative estimate of drug-likeness (QED) is 0.779. The van der Waals surface area contributed by atoms with Gasteiger partial charge in [0.1, 0.15) is 0 Å². The van der Waals surface area contributed by atoms with Gasteiger partial charge in [0.05, 0.1) is 16.3 Å². The first-order valence-electron chi connectivity index (χ1n) is 10.4. The number of urea groups is 1. The van der Waals surface area contributed by atoms with E-state index in [0.29, 0.717) is 37.3 Å². The highest BCUT2D eigenvalue weighted by atomic mass is 32.1. The third-order valence-corrected chi connectivity index (χ3v) is 6.56. The molecule has 158 valence electrons. The minimum absolute atomic E-state index is 0.0406. The second-order valence-corrected chi connectivity index (χ2v) is 8.65. The van der Waals surface area contributed by atoms with Crippen molar-refractivity contribution >= 4 is 40.6 Å². The summed E-state index contributed by atoms with van der Waals surface area (Å²) in [5.74, 6) is -0.181. The van der Waals surface area contributed by atoms with Crippen LogP contribution in [0.1, 0.15) is 35.4 Å². The lowest BCUT2D eigenvalue weighted by atomic mass is 9.95. The molecule has 30 heavy (non-hydrogen) atoms. The Morgan fingerprint density at radius 2 is 1.50 bits per heavy atom. The molecular weight excluding hydrogens is 400 g/mol. The van der Waals surface area contributed by atoms with E-state index in [4.69, 9.17) is 0 Å². The summed E-state index contributed by atoms with van der Waals surface area (Å²) < 4.78 is 0. The zero-order valence-corrected chi connectivity index (χ0v) is 17.6. The summed E-state index contributed by atoms with van der Waals surface area (Å²) in [4.78, 5) is 42.1. The first-order valence-corrected chi connectivity index (χ1v) is 11.3. The molecule has 2 fully saturated rings. The molecule has 2 aliphatic heterocycles. The van der Waals surface area contributed by atoms with Gasteiger partial charge >= 0.3 is 6.03 Å². The van der Waals surface area contributed by atoms with E-state index in [1.807, 2.05) is 34.5 Å². The Bertz CT molecular complexity index is 901. The molecule has 2 aromatic rings. The summed E-state index contributed by atoms with van der Waals surface area (Å²) in [5.41, 5.74) is 1.21. The molecule has 0 saturated carbocycles. The fraction of sp³-hybridized carbons (Fsp3) is 0.409. The lowest BCUT2D eigenvalue weighted by Crippen LogP contribution is -2.41. The van der Waals surface area contributed by atoms with E-state index in [2.05, 4.69) is 10.6 Å². The van der Waals surface area contributed by atoms with Crippen LogP contribution in [-0.2, 0) is 4.79 Å². The Balaban J connectivity index is 1.33. The maximum atomic E-state index is 12.8. The van der Waals surface area contributed by atoms with Crippen LogP contribution >= 0.6 is 11.3 Å². The normalized spacial score (nSPS) is 17.1. The van der Waals surface area contributed by atoms with Gasteiger partial charge in [-0.15, -0.1) is 11.3 Å². The first-order chi connectivity index (χ1) is 14.6. The Hall–Kier alpha value is -2.87. The number of thiophene rings is 1. The number of carbonyl (C=O) groups is 3. The van der Waals surface area contributed by atoms with Crippen molar-refractivity contribution in [3.05, 3.63) is 46.7 Å². The van der Waals surface area contributed by atoms with Crippen LogP contribution in [0.15, 0.2) is 41.8 Å². The van der Waals surface area contributed by atoms with Crippen LogP contribution in [0.2, 0.25) is 0 Å². The van der Waals surface area contributed by atoms with Crippen LogP contribution < -0.4 is 10.6 Å². The lowest BCUT2D eigenvalue weighted by molar-refractivity contribution is -0.121. The van der Waals surface area contributed by atoms with E-state index in [9.17, 15) is 14.4 Å². The number of anilines is 2. The number of hydrogen-bond acceptors (Lipinski definition) is 4. The van der Waals surface area contributed by atoms with Crippen molar-refractivity contribution in [1.82, 2.24) is 9.80 Å². The smallest absolute Gasteiger partial charge is 0.321 e. The van der Waals surface area contributed by atoms with E-state index >= 15 is 0 Å². The van der Waals surface area contributed by atoms with E-state index in [-0.39, 0.29) is 23.8 Å². The van der Waals surface area contributed by atoms with E-state index < -0.39 is 0 Å². The molecule has 2 aliphatic rings. The van der Waals surface area contributed by atoms with Crippen molar-refractivity contribution in [3.8, 4) is 0 Å². The predicted octanol–water partition coefficient (Wildman–Crippen LogP) is 3.87. The number of carbonyl (C=O) groups excluding carboxylic acids is 3. The number of para-hydroxylation sites is 2. The van der Waals surface area contributed by atoms with Gasteiger partial charge in [-0.25, -0.2) is 4.79 Å². The van der Waals surface area contributed by atoms with Gasteiger partial charge in [0.2, 0.25) is 5.91 Å². The maximum Gasteiger partial charge on any atom is 0.321 e. The Morgan fingerprint density at radius 1 is 0.833 bits per heavy atom. The minimum atomic E-state index is -0.153. The van der Waals surface area contributed by atoms with Gasteiger partial charge in [-0.3, -0.25) is 9.59 Å². The van der Waals surface area contributed by atoms with Crippen LogP contribution in [-0.4, -0.2) is 53.8 Å². The van der Waals surface area contributed by atoms with Crippen molar-refractivity contribution in [3.63, 3.8) is 0 Å². The topological polar surface area (TPSA) is 81.8 Å². The molecule has 0 atom stereocenters. The first kappa shape index (κ1) is 20.4. The van der Waals surface area contributed by atoms with E-state index in [1.54, 1.807) is 17.0 Å². The summed E-state index contributed by atoms with van der Waals surface area (Å²) >= 11 is 1.44. The molecule has 4 amide bonds. The number of rotatable bonds is 4. The molecule has 0 bridgehead atoms. The second-order valence-electron chi connectivity index (χ2n) is 7.70. The van der Waals surface area contributed by atoms with Crippen molar-refractivity contribution < 1.29 is 14.4 Å². The molecule has 8 heteroatoms. The third kappa shape index (κ3) is 4.64. The van der Waals surface area contributed by atoms with E-state index in [0.717, 1.165) is 30.8 Å². The van der Waals surface area contributed by atoms with Crippen LogP contribution in [0, 0.1) is 5.92 Å². The molecular formula is C22H26N4O3S. The number of hydrogen-bond donors (Lipinski definition) is 2. The van der Waals surface area contributed by atoms with Gasteiger partial charge < -0.3 is 20.4 Å². The zero-order chi connectivity index (χ0) is 20.9. The van der Waals surface area contributed by atoms with Crippen LogP contribution in [0.25, 0.3) is 0 Å². The van der Waals surface area contributed by atoms with Crippen LogP contribution in [0.5, 0.6) is 0 Å². The van der Waals surface area contributed by atoms with Gasteiger partial charge in [-0.2, -0.15) is 0 Å². The number of amides is 4. The van der Waals surface area contributed by atoms with E-state index in [1.165, 1.54) is 11.3 Å². The molecule has 0 radical (unpaired) electrons. The third-order valence-electron chi connectivity index (χ3n) is 5.70. The molecule has 0 aliphatic carbocycles. The number of nitrogens with one attached hydrogen (secondary N) is 2. The number of nitrogens with zero attached hydrogens (tertiary/aromatic N) is 2. The summed E-state index contributed by atoms with van der Waals surface area (Å²) in [5, 5.41) is 7.79. The Kier molecular flexibility index (Phi) is 6.32. The van der Waals surface area contributed by atoms with Crippen LogP contribution in [0.3, 0.4) is 0 Å². The molecule has 0 spiro atoms. The van der Waals surface area contributed by atoms with Crippen molar-refractivity contribution in [2.45, 2.75) is 25.7 Å². The monoisotopic (exact) mass is 426 g/mol. The molecule has 0 unspecified atom stereocenters. The minimum Gasteiger partial charge on any atom is -0.338 e. The summed E-state index contributed by atoms with van der Waals surface area (Å²) in [7, 11) is 0. The van der Waals surface area contributed by atoms with Gasteiger partial charge in [0.15, 0.2) is 0 Å². The summed E-state index contributed by atoms with van der Waals surface area (Å²) in [6.07, 6.45) is 3.31. The molecule has 4 rings (SSSR count). The highest BCUT2D eigenvalue weighted by Crippen LogP contribution is 2.26. The van der Waals surface area contributed by atoms with Crippen molar-refractivity contribution in [2.24, 2.45) is 5.92 Å². The van der Waals surface area contributed by atoms with Crippen molar-refractivity contribution in [2.75, 3.05) is 36.8 Å². The second kappa shape index (κ2) is 9.30. The maximum absolute atomic E-state index is 12.8. The molecule has 7 nitrogen and oxygen atoms in total. The molecule has 2 N–H and O–H groups in total. The number of likely N-dealkylation sites (tertiary alicyclic amines) is 2. The molecule has 2 saturated heterocycles. The van der Waals surface area contributed by atoms with Crippen LogP contribution in [0.4, 0.5) is 16.2 Å². The molecule has 3 heterocycles. The molecule has 1 aromatic carbocycles. The highest BCUT2D eigenvalue weighted by Gasteiger charge is 2.28. The molecule has 1 aromatic heterocycles. The number of piperidine rings is 1. The largest absolute Gasteiger partial charge is 0.338 e. The highest BCUT2D eigenvalue weighted by molar-refractivity contribution is 7.12. The predicted molar refractivity (Wildman–Crippen MR) is 118 cm³/mol. The SMILES string of the molecule is O=C(Nc1ccccc1NC(=O)N1CCCC1)C1CCN(C(=O)c2cccs2)CC1. The van der Waals surface area contributed by atoms with Crippen molar-refractivity contribution in [1.29, 1.82) is 0 Å². The van der Waals surface area contributed by atoms with Gasteiger partial charge in [0.25, 0.3) is 5.91 Å². The Morgan fingerprint density at radius 3 is 2.13 bits per heavy atom. The average molecular weight is 427 g/mol. The zero-order valence-electron chi connectivity index (χ0n) is 16.8. The van der Waals surface area contributed by atoms with Gasteiger partial charge in [-0.1, -0.05) is 18.2 Å². The fourth-order valence-electron chi connectivity index (χ4n) is 3.95. The standard InChI is InChI=1S/C22H26N4O3S/c27-20(16-9-13-25(14-10-16)21(28)19-8-5-15-30-19)23-17-6-1-2-7-18(17)24-22(29)26-11-3-4-12-26/h1-2,5-8,15-16H,3-4,9-14H2,(H,23,27)(H,24,29). The van der Waals surface area contributed by atoms with Gasteiger partial charge in [0, 0.05) is 32.1 Å². The Labute approximate surface area is 180 Å². The summed E-state index contributed by atoms with van der Waals surface area (Å²) in [6.45, 7) is 2.68. The number of benzene rings is 1. The van der Waals surface area contributed by atoms with Gasteiger partial charge in [-0.05, 0) is 49.3 Å².